The summed E-state index contributed by atoms with van der Waals surface area (Å²) in [5.41, 5.74) is 1.79. The predicted molar refractivity (Wildman–Crippen MR) is 110 cm³/mol. The summed E-state index contributed by atoms with van der Waals surface area (Å²) in [6.07, 6.45) is -1.01. The number of benzene rings is 2. The van der Waals surface area contributed by atoms with E-state index in [2.05, 4.69) is 14.8 Å². The minimum absolute atomic E-state index is 0.00569. The van der Waals surface area contributed by atoms with Crippen molar-refractivity contribution in [3.05, 3.63) is 77.3 Å². The largest absolute Gasteiger partial charge is 0.489 e. The van der Waals surface area contributed by atoms with Gasteiger partial charge in [-0.05, 0) is 31.0 Å². The van der Waals surface area contributed by atoms with E-state index < -0.39 is 18.0 Å². The number of methoxy groups -OCH3 is 1. The van der Waals surface area contributed by atoms with Crippen molar-refractivity contribution in [3.8, 4) is 17.0 Å². The first-order chi connectivity index (χ1) is 14.8. The van der Waals surface area contributed by atoms with E-state index in [4.69, 9.17) is 10.6 Å². The van der Waals surface area contributed by atoms with Gasteiger partial charge >= 0.3 is 6.11 Å². The molecule has 0 amide bonds. The van der Waals surface area contributed by atoms with Gasteiger partial charge in [0.05, 0.1) is 11.9 Å². The lowest BCUT2D eigenvalue weighted by atomic mass is 10.0. The maximum absolute atomic E-state index is 15.0. The van der Waals surface area contributed by atoms with Gasteiger partial charge in [0.25, 0.3) is 0 Å². The molecule has 1 unspecified atom stereocenters. The van der Waals surface area contributed by atoms with E-state index in [1.807, 2.05) is 30.3 Å². The van der Waals surface area contributed by atoms with Gasteiger partial charge in [0.1, 0.15) is 24.2 Å². The van der Waals surface area contributed by atoms with Crippen LogP contribution in [0.5, 0.6) is 5.75 Å². The third-order valence-corrected chi connectivity index (χ3v) is 4.92. The van der Waals surface area contributed by atoms with Crippen LogP contribution in [-0.2, 0) is 11.3 Å². The highest BCUT2D eigenvalue weighted by molar-refractivity contribution is 5.64. The molecule has 164 valence electrons. The van der Waals surface area contributed by atoms with Gasteiger partial charge in [0.2, 0.25) is 0 Å². The van der Waals surface area contributed by atoms with Crippen molar-refractivity contribution in [2.24, 2.45) is 10.9 Å². The summed E-state index contributed by atoms with van der Waals surface area (Å²) < 4.78 is 54.2. The van der Waals surface area contributed by atoms with Crippen LogP contribution in [0.4, 0.5) is 13.2 Å². The molecule has 0 aliphatic heterocycles. The number of aryl methyl sites for hydroxylation is 1. The van der Waals surface area contributed by atoms with E-state index in [1.54, 1.807) is 13.0 Å². The Balaban J connectivity index is 1.96. The Morgan fingerprint density at radius 2 is 1.94 bits per heavy atom. The van der Waals surface area contributed by atoms with Gasteiger partial charge in [0.15, 0.2) is 5.49 Å². The van der Waals surface area contributed by atoms with Crippen molar-refractivity contribution < 1.29 is 22.6 Å². The summed E-state index contributed by atoms with van der Waals surface area (Å²) in [4.78, 5) is 4.15. The highest BCUT2D eigenvalue weighted by Crippen LogP contribution is 2.32. The Morgan fingerprint density at radius 3 is 2.55 bits per heavy atom. The van der Waals surface area contributed by atoms with Crippen LogP contribution in [0.25, 0.3) is 11.3 Å². The number of ether oxygens (including phenoxy) is 2. The second-order valence-corrected chi connectivity index (χ2v) is 6.98. The minimum Gasteiger partial charge on any atom is -0.489 e. The Hall–Kier alpha value is -3.33. The van der Waals surface area contributed by atoms with Crippen LogP contribution in [0.1, 0.15) is 24.1 Å². The summed E-state index contributed by atoms with van der Waals surface area (Å²) in [7, 11) is 0.899. The lowest BCUT2D eigenvalue weighted by Crippen LogP contribution is -2.37. The summed E-state index contributed by atoms with van der Waals surface area (Å²) in [5, 5.41) is 3.48. The van der Waals surface area contributed by atoms with Crippen molar-refractivity contribution in [2.45, 2.75) is 32.6 Å². The number of aromatic nitrogens is 2. The quantitative estimate of drug-likeness (QED) is 0.450. The van der Waals surface area contributed by atoms with Crippen molar-refractivity contribution in [1.29, 1.82) is 0 Å². The summed E-state index contributed by atoms with van der Waals surface area (Å²) >= 11 is 0. The average Bonchev–Trinajstić information content (AvgIpc) is 2.77. The number of nitrogens with zero attached hydrogens (tertiary/aromatic N) is 3. The first-order valence-electron chi connectivity index (χ1n) is 9.49. The molecule has 2 N–H and O–H groups in total. The molecule has 9 heteroatoms. The smallest absolute Gasteiger partial charge is 0.375 e. The maximum Gasteiger partial charge on any atom is 0.375 e. The molecule has 1 atom stereocenters. The molecule has 0 fully saturated rings. The molecule has 2 aromatic carbocycles. The van der Waals surface area contributed by atoms with Crippen LogP contribution in [0.2, 0.25) is 0 Å². The van der Waals surface area contributed by atoms with E-state index in [0.717, 1.165) is 17.2 Å². The van der Waals surface area contributed by atoms with Crippen LogP contribution in [0.15, 0.2) is 60.0 Å². The van der Waals surface area contributed by atoms with Crippen molar-refractivity contribution in [2.75, 3.05) is 7.11 Å². The fourth-order valence-electron chi connectivity index (χ4n) is 3.16. The minimum atomic E-state index is -3.49. The number of hydrogen-bond donors (Lipinski definition) is 1. The van der Waals surface area contributed by atoms with Crippen LogP contribution < -0.4 is 16.1 Å². The third kappa shape index (κ3) is 4.88. The predicted octanol–water partition coefficient (Wildman–Crippen LogP) is 4.15. The Bertz CT molecular complexity index is 1090. The van der Waals surface area contributed by atoms with E-state index in [9.17, 15) is 13.2 Å². The van der Waals surface area contributed by atoms with E-state index >= 15 is 0 Å². The zero-order chi connectivity index (χ0) is 22.6. The van der Waals surface area contributed by atoms with Gasteiger partial charge in [-0.1, -0.05) is 30.3 Å². The fourth-order valence-corrected chi connectivity index (χ4v) is 3.16. The number of halogens is 3. The number of nitrogens with two attached hydrogens (primary N) is 1. The molecule has 0 radical (unpaired) electrons. The van der Waals surface area contributed by atoms with Crippen molar-refractivity contribution in [1.82, 2.24) is 9.55 Å². The van der Waals surface area contributed by atoms with Gasteiger partial charge < -0.3 is 19.9 Å². The zero-order valence-corrected chi connectivity index (χ0v) is 17.3. The second-order valence-electron chi connectivity index (χ2n) is 6.98. The molecule has 3 aromatic rings. The molecule has 0 spiro atoms. The number of hydrogen-bond acceptors (Lipinski definition) is 5. The molecule has 1 heterocycles. The number of rotatable bonds is 7. The van der Waals surface area contributed by atoms with Gasteiger partial charge in [-0.25, -0.2) is 4.39 Å². The van der Waals surface area contributed by atoms with E-state index in [0.29, 0.717) is 11.3 Å². The molecule has 0 aliphatic rings. The second kappa shape index (κ2) is 9.22. The van der Waals surface area contributed by atoms with Crippen molar-refractivity contribution >= 4 is 0 Å². The monoisotopic (exact) mass is 432 g/mol. The Kier molecular flexibility index (Phi) is 6.65. The lowest BCUT2D eigenvalue weighted by Gasteiger charge is -2.24. The molecular formula is C22H23F3N4O2. The summed E-state index contributed by atoms with van der Waals surface area (Å²) in [6, 6.07) is 10.9. The lowest BCUT2D eigenvalue weighted by molar-refractivity contribution is -0.247. The van der Waals surface area contributed by atoms with Gasteiger partial charge in [-0.2, -0.15) is 13.9 Å². The molecule has 6 nitrogen and oxygen atoms in total. The van der Waals surface area contributed by atoms with Crippen LogP contribution in [-0.4, -0.2) is 22.8 Å². The highest BCUT2D eigenvalue weighted by atomic mass is 19.3. The molecular weight excluding hydrogens is 409 g/mol. The Labute approximate surface area is 177 Å². The topological polar surface area (TPSA) is 74.7 Å². The average molecular weight is 432 g/mol. The third-order valence-electron chi connectivity index (χ3n) is 4.92. The molecule has 0 aliphatic carbocycles. The standard InChI is InChI=1S/C22H23F3N4O2/c1-14-9-17(31-13-16-7-5-4-6-8-16)10-18(23)21(14)19-12-29(20(28-26)11-27-19)15(2)22(24,25)30-3/h4-12,15H,13,26H2,1-3H3/b28-20-. The molecule has 0 saturated carbocycles. The van der Waals surface area contributed by atoms with Gasteiger partial charge in [-0.15, -0.1) is 0 Å². The summed E-state index contributed by atoms with van der Waals surface area (Å²) in [6.45, 7) is 3.22. The maximum atomic E-state index is 15.0. The molecule has 3 rings (SSSR count). The molecule has 1 aromatic heterocycles. The number of alkyl halides is 2. The summed E-state index contributed by atoms with van der Waals surface area (Å²) in [5.74, 6) is 5.07. The Morgan fingerprint density at radius 1 is 1.23 bits per heavy atom. The zero-order valence-electron chi connectivity index (χ0n) is 17.3. The van der Waals surface area contributed by atoms with Crippen LogP contribution >= 0.6 is 0 Å². The van der Waals surface area contributed by atoms with Crippen molar-refractivity contribution in [3.63, 3.8) is 0 Å². The molecule has 0 saturated heterocycles. The highest BCUT2D eigenvalue weighted by Gasteiger charge is 2.38. The first kappa shape index (κ1) is 22.4. The first-order valence-corrected chi connectivity index (χ1v) is 9.49. The van der Waals surface area contributed by atoms with Crippen LogP contribution in [0.3, 0.4) is 0 Å². The van der Waals surface area contributed by atoms with E-state index in [-0.39, 0.29) is 23.4 Å². The van der Waals surface area contributed by atoms with Crippen LogP contribution in [0, 0.1) is 12.7 Å². The SMILES string of the molecule is COC(F)(F)C(C)n1cc(-c2c(C)cc(OCc3ccccc3)cc2F)nc/c1=N/N. The normalized spacial score (nSPS) is 13.3. The molecule has 0 bridgehead atoms. The van der Waals surface area contributed by atoms with E-state index in [1.165, 1.54) is 25.4 Å². The van der Waals surface area contributed by atoms with Gasteiger partial charge in [0, 0.05) is 24.9 Å². The molecule has 31 heavy (non-hydrogen) atoms. The van der Waals surface area contributed by atoms with Gasteiger partial charge in [-0.3, -0.25) is 4.98 Å². The fraction of sp³-hybridized carbons (Fsp3) is 0.273.